The van der Waals surface area contributed by atoms with Gasteiger partial charge < -0.3 is 10.6 Å². The number of nitrogens with two attached hydrogens (primary N) is 2. The van der Waals surface area contributed by atoms with Crippen molar-refractivity contribution >= 4 is 117 Å². The molecule has 31 heavy (non-hydrogen) atoms. The summed E-state index contributed by atoms with van der Waals surface area (Å²) in [6, 6.07) is 5.46. The Kier molecular flexibility index (Phi) is 7.49. The molecule has 10 nitrogen and oxygen atoms in total. The minimum Gasteiger partial charge on any atom is -0.328 e. The van der Waals surface area contributed by atoms with Crippen molar-refractivity contribution in [1.29, 1.82) is 0 Å². The molecule has 0 atom stereocenters. The maximum atomic E-state index is 11.6. The number of aromatic nitrogens is 2. The van der Waals surface area contributed by atoms with Crippen molar-refractivity contribution in [3.63, 3.8) is 0 Å². The fourth-order valence-electron chi connectivity index (χ4n) is 2.21. The summed E-state index contributed by atoms with van der Waals surface area (Å²) in [5.74, 6) is 0. The molecule has 0 spiro atoms. The molecule has 3 rings (SSSR count). The zero-order valence-corrected chi connectivity index (χ0v) is 23.5. The molecule has 0 saturated heterocycles. The van der Waals surface area contributed by atoms with Crippen LogP contribution in [0.2, 0.25) is 0 Å². The number of hydrogen-bond acceptors (Lipinski definition) is 9. The summed E-state index contributed by atoms with van der Waals surface area (Å²) in [5, 5.41) is 25.3. The Morgan fingerprint density at radius 2 is 0.968 bits per heavy atom. The van der Waals surface area contributed by atoms with Gasteiger partial charge in [0.25, 0.3) is 0 Å². The van der Waals surface area contributed by atoms with Gasteiger partial charge in [-0.25, -0.2) is 27.1 Å². The van der Waals surface area contributed by atoms with Gasteiger partial charge in [0.1, 0.15) is 0 Å². The highest BCUT2D eigenvalue weighted by Crippen LogP contribution is 2.39. The number of sulfonamides is 2. The van der Waals surface area contributed by atoms with Gasteiger partial charge in [0.2, 0.25) is 30.3 Å². The molecule has 0 fully saturated rings. The van der Waals surface area contributed by atoms with Gasteiger partial charge in [-0.3, -0.25) is 0 Å². The topological polar surface area (TPSA) is 170 Å². The van der Waals surface area contributed by atoms with E-state index in [4.69, 9.17) is 10.3 Å². The van der Waals surface area contributed by atoms with Gasteiger partial charge in [-0.05, 0) is 88.0 Å². The fraction of sp³-hybridized carbons (Fsp3) is 0. The van der Waals surface area contributed by atoms with Crippen molar-refractivity contribution in [2.24, 2.45) is 10.3 Å². The molecule has 6 N–H and O–H groups in total. The number of benzene rings is 2. The standard InChI is InChI=1S/C14H10Br4N6O4S3/c15-7-1-5(30(19,25)26)2-8(16)11(7)21-13-23-24-14(29-13)22-12-9(17)3-6(4-10(12)18)31(20,27)28/h1-4H,(H,21,23)(H,22,24)(H2,19,25,26)(H2,20,27,28). The minimum atomic E-state index is -3.87. The molecule has 1 heterocycles. The van der Waals surface area contributed by atoms with E-state index in [1.165, 1.54) is 24.3 Å². The van der Waals surface area contributed by atoms with Gasteiger partial charge in [-0.15, -0.1) is 10.2 Å². The maximum Gasteiger partial charge on any atom is 0.238 e. The van der Waals surface area contributed by atoms with Gasteiger partial charge in [0.15, 0.2) is 0 Å². The molecular formula is C14H10Br4N6O4S3. The Hall–Kier alpha value is -0.660. The second-order valence-electron chi connectivity index (χ2n) is 5.78. The molecule has 0 aliphatic carbocycles. The van der Waals surface area contributed by atoms with Crippen LogP contribution in [0.4, 0.5) is 21.6 Å². The average Bonchev–Trinajstić information content (AvgIpc) is 3.06. The number of rotatable bonds is 6. The van der Waals surface area contributed by atoms with Crippen LogP contribution in [0.3, 0.4) is 0 Å². The summed E-state index contributed by atoms with van der Waals surface area (Å²) in [5.41, 5.74) is 1.05. The lowest BCUT2D eigenvalue weighted by Crippen LogP contribution is -2.12. The maximum absolute atomic E-state index is 11.6. The van der Waals surface area contributed by atoms with Crippen molar-refractivity contribution in [1.82, 2.24) is 10.2 Å². The predicted octanol–water partition coefficient (Wildman–Crippen LogP) is 4.37. The van der Waals surface area contributed by atoms with E-state index in [1.807, 2.05) is 0 Å². The van der Waals surface area contributed by atoms with E-state index in [9.17, 15) is 16.8 Å². The monoisotopic (exact) mass is 738 g/mol. The van der Waals surface area contributed by atoms with E-state index in [0.29, 0.717) is 39.5 Å². The van der Waals surface area contributed by atoms with Crippen LogP contribution >= 0.6 is 75.1 Å². The fourth-order valence-corrected chi connectivity index (χ4v) is 7.36. The van der Waals surface area contributed by atoms with Crippen molar-refractivity contribution in [3.05, 3.63) is 42.2 Å². The predicted molar refractivity (Wildman–Crippen MR) is 133 cm³/mol. The Morgan fingerprint density at radius 1 is 0.677 bits per heavy atom. The molecule has 17 heteroatoms. The van der Waals surface area contributed by atoms with Crippen molar-refractivity contribution < 1.29 is 16.8 Å². The van der Waals surface area contributed by atoms with Gasteiger partial charge in [-0.1, -0.05) is 11.3 Å². The SMILES string of the molecule is NS(=O)(=O)c1cc(Br)c(Nc2nnc(Nc3c(Br)cc(S(N)(=O)=O)cc3Br)s2)c(Br)c1. The largest absolute Gasteiger partial charge is 0.328 e. The normalized spacial score (nSPS) is 12.1. The summed E-state index contributed by atoms with van der Waals surface area (Å²) in [6.07, 6.45) is 0. The lowest BCUT2D eigenvalue weighted by atomic mass is 10.3. The third kappa shape index (κ3) is 6.02. The van der Waals surface area contributed by atoms with E-state index in [-0.39, 0.29) is 9.79 Å². The number of hydrogen-bond donors (Lipinski definition) is 4. The Bertz CT molecular complexity index is 1240. The van der Waals surface area contributed by atoms with Crippen molar-refractivity contribution in [2.75, 3.05) is 10.6 Å². The average molecular weight is 742 g/mol. The van der Waals surface area contributed by atoms with Crippen LogP contribution in [0.1, 0.15) is 0 Å². The molecule has 0 aliphatic heterocycles. The van der Waals surface area contributed by atoms with Crippen LogP contribution in [-0.4, -0.2) is 27.0 Å². The minimum absolute atomic E-state index is 0.0611. The highest BCUT2D eigenvalue weighted by Gasteiger charge is 2.18. The quantitative estimate of drug-likeness (QED) is 0.289. The van der Waals surface area contributed by atoms with E-state index in [1.54, 1.807) is 0 Å². The van der Waals surface area contributed by atoms with Crippen LogP contribution in [0.5, 0.6) is 0 Å². The smallest absolute Gasteiger partial charge is 0.238 e. The first-order valence-electron chi connectivity index (χ1n) is 7.67. The second-order valence-corrected chi connectivity index (χ2v) is 13.3. The molecular weight excluding hydrogens is 732 g/mol. The molecule has 3 aromatic rings. The first-order chi connectivity index (χ1) is 14.3. The van der Waals surface area contributed by atoms with Gasteiger partial charge >= 0.3 is 0 Å². The highest BCUT2D eigenvalue weighted by atomic mass is 79.9. The first-order valence-corrected chi connectivity index (χ1v) is 14.7. The third-order valence-electron chi connectivity index (χ3n) is 3.58. The molecule has 0 aliphatic rings. The number of nitrogens with one attached hydrogen (secondary N) is 2. The van der Waals surface area contributed by atoms with Crippen molar-refractivity contribution in [2.45, 2.75) is 9.79 Å². The van der Waals surface area contributed by atoms with Gasteiger partial charge in [0, 0.05) is 17.9 Å². The molecule has 0 bridgehead atoms. The van der Waals surface area contributed by atoms with E-state index in [0.717, 1.165) is 11.3 Å². The summed E-state index contributed by atoms with van der Waals surface area (Å²) in [7, 11) is -7.73. The summed E-state index contributed by atoms with van der Waals surface area (Å²) in [6.45, 7) is 0. The molecule has 1 aromatic heterocycles. The summed E-state index contributed by atoms with van der Waals surface area (Å²) in [4.78, 5) is -0.122. The Balaban J connectivity index is 1.86. The van der Waals surface area contributed by atoms with Crippen LogP contribution in [-0.2, 0) is 20.0 Å². The van der Waals surface area contributed by atoms with E-state index >= 15 is 0 Å². The van der Waals surface area contributed by atoms with Crippen LogP contribution in [0, 0.1) is 0 Å². The number of halogens is 4. The third-order valence-corrected chi connectivity index (χ3v) is 8.62. The van der Waals surface area contributed by atoms with Gasteiger partial charge in [0.05, 0.1) is 21.2 Å². The molecule has 2 aromatic carbocycles. The molecule has 0 saturated carbocycles. The molecule has 0 amide bonds. The molecule has 0 radical (unpaired) electrons. The zero-order valence-electron chi connectivity index (χ0n) is 14.7. The van der Waals surface area contributed by atoms with Crippen LogP contribution in [0.15, 0.2) is 51.9 Å². The Morgan fingerprint density at radius 3 is 1.23 bits per heavy atom. The lowest BCUT2D eigenvalue weighted by Gasteiger charge is -2.10. The number of primary sulfonamides is 2. The van der Waals surface area contributed by atoms with Gasteiger partial charge in [-0.2, -0.15) is 0 Å². The van der Waals surface area contributed by atoms with Crippen LogP contribution < -0.4 is 20.9 Å². The lowest BCUT2D eigenvalue weighted by molar-refractivity contribution is 0.596. The van der Waals surface area contributed by atoms with Crippen molar-refractivity contribution in [3.8, 4) is 0 Å². The number of nitrogens with zero attached hydrogens (tertiary/aromatic N) is 2. The first kappa shape index (κ1) is 25.0. The molecule has 0 unspecified atom stereocenters. The summed E-state index contributed by atoms with van der Waals surface area (Å²) < 4.78 is 48.0. The van der Waals surface area contributed by atoms with E-state index < -0.39 is 20.0 Å². The van der Waals surface area contributed by atoms with Crippen LogP contribution in [0.25, 0.3) is 0 Å². The zero-order chi connectivity index (χ0) is 23.1. The second kappa shape index (κ2) is 9.30. The number of anilines is 4. The summed E-state index contributed by atoms with van der Waals surface area (Å²) >= 11 is 14.4. The van der Waals surface area contributed by atoms with E-state index in [2.05, 4.69) is 84.6 Å². The highest BCUT2D eigenvalue weighted by molar-refractivity contribution is 9.11. The Labute approximate surface area is 214 Å². The molecule has 166 valence electrons.